The summed E-state index contributed by atoms with van der Waals surface area (Å²) < 4.78 is 4.41. The van der Waals surface area contributed by atoms with Gasteiger partial charge in [-0.05, 0) is 13.3 Å². The van der Waals surface area contributed by atoms with Gasteiger partial charge >= 0.3 is 8.05 Å². The molecule has 0 saturated heterocycles. The summed E-state index contributed by atoms with van der Waals surface area (Å²) in [5, 5.41) is 0. The Hall–Kier alpha value is -0.395. The lowest BCUT2D eigenvalue weighted by atomic mass is 10.3. The number of rotatable bonds is 2. The van der Waals surface area contributed by atoms with E-state index in [1.54, 1.807) is 0 Å². The van der Waals surface area contributed by atoms with Gasteiger partial charge in [0.05, 0.1) is 5.76 Å². The van der Waals surface area contributed by atoms with Crippen molar-refractivity contribution in [2.45, 2.75) is 20.3 Å². The molecule has 0 heterocycles. The second-order valence-corrected chi connectivity index (χ2v) is 1.23. The maximum absolute atomic E-state index is 4.83. The van der Waals surface area contributed by atoms with E-state index in [9.17, 15) is 0 Å². The summed E-state index contributed by atoms with van der Waals surface area (Å²) in [6.07, 6.45) is 2.72. The van der Waals surface area contributed by atoms with Crippen LogP contribution in [0, 0.1) is 0 Å². The van der Waals surface area contributed by atoms with E-state index in [2.05, 4.69) is 4.65 Å². The van der Waals surface area contributed by atoms with E-state index in [-0.39, 0.29) is 0 Å². The Balaban J connectivity index is 3.38. The molecule has 0 aromatic carbocycles. The van der Waals surface area contributed by atoms with Gasteiger partial charge < -0.3 is 4.65 Å². The Morgan fingerprint density at radius 3 is 2.43 bits per heavy atom. The molecule has 0 aromatic rings. The zero-order valence-electron chi connectivity index (χ0n) is 4.77. The first-order valence-electron chi connectivity index (χ1n) is 2.37. The van der Waals surface area contributed by atoms with E-state index in [4.69, 9.17) is 8.05 Å². The highest BCUT2D eigenvalue weighted by molar-refractivity contribution is 5.98. The molecular weight excluding hydrogens is 86.9 g/mol. The third kappa shape index (κ3) is 2.32. The summed E-state index contributed by atoms with van der Waals surface area (Å²) in [6, 6.07) is 0. The lowest BCUT2D eigenvalue weighted by Gasteiger charge is -1.98. The van der Waals surface area contributed by atoms with Gasteiger partial charge in [0.15, 0.2) is 0 Å². The molecule has 0 unspecified atom stereocenters. The summed E-state index contributed by atoms with van der Waals surface area (Å²) >= 11 is 0. The van der Waals surface area contributed by atoms with Crippen molar-refractivity contribution in [1.29, 1.82) is 0 Å². The van der Waals surface area contributed by atoms with Crippen LogP contribution in [0.5, 0.6) is 0 Å². The van der Waals surface area contributed by atoms with E-state index < -0.39 is 0 Å². The Labute approximate surface area is 45.8 Å². The van der Waals surface area contributed by atoms with Gasteiger partial charge in [-0.1, -0.05) is 13.0 Å². The van der Waals surface area contributed by atoms with Crippen molar-refractivity contribution in [3.63, 3.8) is 0 Å². The van der Waals surface area contributed by atoms with Gasteiger partial charge in [-0.3, -0.25) is 0 Å². The fourth-order valence-electron chi connectivity index (χ4n) is 0.355. The normalized spacial score (nSPS) is 11.4. The topological polar surface area (TPSA) is 9.23 Å². The quantitative estimate of drug-likeness (QED) is 0.373. The molecule has 0 N–H and O–H groups in total. The summed E-state index contributed by atoms with van der Waals surface area (Å²) in [6.45, 7) is 3.88. The second kappa shape index (κ2) is 3.78. The van der Waals surface area contributed by atoms with E-state index >= 15 is 0 Å². The van der Waals surface area contributed by atoms with Crippen molar-refractivity contribution >= 4 is 8.05 Å². The van der Waals surface area contributed by atoms with E-state index in [1.165, 1.54) is 0 Å². The Bertz CT molecular complexity index is 62.5. The van der Waals surface area contributed by atoms with Crippen molar-refractivity contribution in [2.24, 2.45) is 0 Å². The molecule has 38 valence electrons. The van der Waals surface area contributed by atoms with Crippen LogP contribution in [0.3, 0.4) is 0 Å². The van der Waals surface area contributed by atoms with Gasteiger partial charge in [-0.15, -0.1) is 0 Å². The fraction of sp³-hybridized carbons (Fsp3) is 0.600. The predicted molar refractivity (Wildman–Crippen MR) is 30.9 cm³/mol. The van der Waals surface area contributed by atoms with Gasteiger partial charge in [0.1, 0.15) is 0 Å². The number of allylic oxidation sites excluding steroid dienone is 2. The molecule has 0 amide bonds. The third-order valence-electron chi connectivity index (χ3n) is 0.822. The van der Waals surface area contributed by atoms with Crippen LogP contribution < -0.4 is 0 Å². The molecule has 0 aliphatic rings. The molecule has 2 heteroatoms. The van der Waals surface area contributed by atoms with Crippen molar-refractivity contribution in [2.75, 3.05) is 0 Å². The van der Waals surface area contributed by atoms with Crippen molar-refractivity contribution in [3.8, 4) is 0 Å². The van der Waals surface area contributed by atoms with Crippen LogP contribution in [0.1, 0.15) is 20.3 Å². The van der Waals surface area contributed by atoms with Crippen LogP contribution >= 0.6 is 0 Å². The lowest BCUT2D eigenvalue weighted by Crippen LogP contribution is -1.82. The molecule has 0 fully saturated rings. The van der Waals surface area contributed by atoms with E-state index in [0.717, 1.165) is 12.2 Å². The molecule has 0 saturated carbocycles. The molecule has 1 nitrogen and oxygen atoms in total. The predicted octanol–water partition coefficient (Wildman–Crippen LogP) is 1.40. The van der Waals surface area contributed by atoms with E-state index in [0.29, 0.717) is 0 Å². The molecule has 7 heavy (non-hydrogen) atoms. The number of hydrogen-bond donors (Lipinski definition) is 0. The molecular formula is C5H9BO. The lowest BCUT2D eigenvalue weighted by molar-refractivity contribution is 0.449. The Morgan fingerprint density at radius 1 is 1.86 bits per heavy atom. The van der Waals surface area contributed by atoms with Gasteiger partial charge in [0, 0.05) is 0 Å². The highest BCUT2D eigenvalue weighted by Gasteiger charge is 1.82. The van der Waals surface area contributed by atoms with Gasteiger partial charge in [-0.2, -0.15) is 0 Å². The molecule has 0 bridgehead atoms. The van der Waals surface area contributed by atoms with Gasteiger partial charge in [0.25, 0.3) is 0 Å². The Morgan fingerprint density at radius 2 is 2.43 bits per heavy atom. The first kappa shape index (κ1) is 6.60. The molecule has 0 aliphatic carbocycles. The van der Waals surface area contributed by atoms with Crippen LogP contribution in [0.25, 0.3) is 0 Å². The first-order valence-corrected chi connectivity index (χ1v) is 2.37. The van der Waals surface area contributed by atoms with Gasteiger partial charge in [-0.25, -0.2) is 0 Å². The minimum absolute atomic E-state index is 0.833. The summed E-state index contributed by atoms with van der Waals surface area (Å²) in [5.74, 6) is 0.833. The SMILES string of the molecule is [B]O/C(=C\C)CC. The highest BCUT2D eigenvalue weighted by Crippen LogP contribution is 1.97. The van der Waals surface area contributed by atoms with Crippen LogP contribution in [0.4, 0.5) is 0 Å². The highest BCUT2D eigenvalue weighted by atomic mass is 16.4. The first-order chi connectivity index (χ1) is 3.35. The van der Waals surface area contributed by atoms with E-state index in [1.807, 2.05) is 19.9 Å². The van der Waals surface area contributed by atoms with Crippen molar-refractivity contribution in [1.82, 2.24) is 0 Å². The maximum Gasteiger partial charge on any atom is 0.373 e. The average molecular weight is 95.9 g/mol. The zero-order chi connectivity index (χ0) is 5.70. The zero-order valence-corrected chi connectivity index (χ0v) is 4.77. The monoisotopic (exact) mass is 96.1 g/mol. The molecule has 0 aromatic heterocycles. The average Bonchev–Trinajstić information content (AvgIpc) is 1.72. The van der Waals surface area contributed by atoms with Crippen LogP contribution in [-0.4, -0.2) is 8.05 Å². The van der Waals surface area contributed by atoms with Crippen molar-refractivity contribution < 1.29 is 4.65 Å². The largest absolute Gasteiger partial charge is 0.571 e. The molecule has 0 spiro atoms. The smallest absolute Gasteiger partial charge is 0.373 e. The van der Waals surface area contributed by atoms with Crippen LogP contribution in [0.2, 0.25) is 0 Å². The maximum atomic E-state index is 4.83. The van der Waals surface area contributed by atoms with Crippen LogP contribution in [0.15, 0.2) is 11.8 Å². The third-order valence-corrected chi connectivity index (χ3v) is 0.822. The molecule has 2 radical (unpaired) electrons. The van der Waals surface area contributed by atoms with Crippen LogP contribution in [-0.2, 0) is 4.65 Å². The molecule has 0 rings (SSSR count). The summed E-state index contributed by atoms with van der Waals surface area (Å²) in [5.41, 5.74) is 0. The number of hydrogen-bond acceptors (Lipinski definition) is 1. The standard InChI is InChI=1S/C5H9BO/c1-3-5(4-2)7-6/h3H,4H2,1-2H3/b5-3-. The Kier molecular flexibility index (Phi) is 3.57. The fourth-order valence-corrected chi connectivity index (χ4v) is 0.355. The minimum atomic E-state index is 0.833. The molecule has 0 atom stereocenters. The summed E-state index contributed by atoms with van der Waals surface area (Å²) in [7, 11) is 4.83. The minimum Gasteiger partial charge on any atom is -0.571 e. The second-order valence-electron chi connectivity index (χ2n) is 1.23. The molecule has 0 aliphatic heterocycles. The van der Waals surface area contributed by atoms with Gasteiger partial charge in [0.2, 0.25) is 0 Å². The van der Waals surface area contributed by atoms with Crippen molar-refractivity contribution in [3.05, 3.63) is 11.8 Å². The summed E-state index contributed by atoms with van der Waals surface area (Å²) in [4.78, 5) is 0.